The van der Waals surface area contributed by atoms with Gasteiger partial charge in [-0.1, -0.05) is 12.1 Å². The Hall–Kier alpha value is -3.08. The Morgan fingerprint density at radius 1 is 1.13 bits per heavy atom. The minimum absolute atomic E-state index is 0.181. The summed E-state index contributed by atoms with van der Waals surface area (Å²) < 4.78 is 8.44. The maximum atomic E-state index is 13.8. The van der Waals surface area contributed by atoms with Gasteiger partial charge in [-0.25, -0.2) is 4.98 Å². The van der Waals surface area contributed by atoms with E-state index in [0.29, 0.717) is 46.1 Å². The van der Waals surface area contributed by atoms with Crippen molar-refractivity contribution in [3.63, 3.8) is 0 Å². The Morgan fingerprint density at radius 3 is 2.68 bits per heavy atom. The number of nitrogens with one attached hydrogen (secondary N) is 1. The fraction of sp³-hybridized carbons (Fsp3) is 0.500. The fourth-order valence-electron chi connectivity index (χ4n) is 6.54. The number of benzene rings is 1. The second-order valence-electron chi connectivity index (χ2n) is 11.1. The molecule has 2 atom stereocenters. The molecule has 6 heterocycles. The molecule has 3 aliphatic heterocycles. The normalized spacial score (nSPS) is 22.6. The number of amides is 1. The van der Waals surface area contributed by atoms with Gasteiger partial charge in [-0.3, -0.25) is 14.0 Å². The van der Waals surface area contributed by atoms with Gasteiger partial charge in [-0.2, -0.15) is 4.98 Å². The first-order valence-electron chi connectivity index (χ1n) is 13.6. The van der Waals surface area contributed by atoms with Crippen LogP contribution in [0.15, 0.2) is 35.3 Å². The van der Waals surface area contributed by atoms with Crippen molar-refractivity contribution in [2.24, 2.45) is 17.8 Å². The van der Waals surface area contributed by atoms with Gasteiger partial charge in [-0.15, -0.1) is 11.3 Å². The number of carbonyl (C=O) groups is 1. The van der Waals surface area contributed by atoms with E-state index in [-0.39, 0.29) is 16.9 Å². The Bertz CT molecular complexity index is 1580. The van der Waals surface area contributed by atoms with Crippen molar-refractivity contribution in [3.8, 4) is 0 Å². The summed E-state index contributed by atoms with van der Waals surface area (Å²) in [5.41, 5.74) is 1.39. The van der Waals surface area contributed by atoms with Crippen LogP contribution in [0.2, 0.25) is 0 Å². The van der Waals surface area contributed by atoms with E-state index in [1.54, 1.807) is 6.20 Å². The van der Waals surface area contributed by atoms with Crippen LogP contribution in [-0.2, 0) is 4.74 Å². The summed E-state index contributed by atoms with van der Waals surface area (Å²) in [6, 6.07) is 8.00. The first-order valence-corrected chi connectivity index (χ1v) is 14.4. The second kappa shape index (κ2) is 9.59. The average molecular weight is 533 g/mol. The Balaban J connectivity index is 1.28. The van der Waals surface area contributed by atoms with E-state index in [2.05, 4.69) is 27.1 Å². The summed E-state index contributed by atoms with van der Waals surface area (Å²) in [4.78, 5) is 42.1. The van der Waals surface area contributed by atoms with Crippen LogP contribution in [0.4, 0.5) is 5.95 Å². The highest BCUT2D eigenvalue weighted by Crippen LogP contribution is 2.34. The second-order valence-corrected chi connectivity index (χ2v) is 12.1. The summed E-state index contributed by atoms with van der Waals surface area (Å²) in [6.45, 7) is 6.16. The van der Waals surface area contributed by atoms with Crippen molar-refractivity contribution < 1.29 is 9.53 Å². The van der Waals surface area contributed by atoms with Crippen LogP contribution in [0, 0.1) is 17.8 Å². The SMILES string of the molecule is CN1CC2CN(c3ncc4c(=O)c(C(=O)NCCC5CCOCC5)c5sc6ccccc6n5c4n3)CC2C1. The smallest absolute Gasteiger partial charge is 0.258 e. The molecule has 0 radical (unpaired) electrons. The van der Waals surface area contributed by atoms with Crippen LogP contribution >= 0.6 is 11.3 Å². The first-order chi connectivity index (χ1) is 18.6. The molecule has 0 spiro atoms. The topological polar surface area (TPSA) is 92.1 Å². The number of fused-ring (bicyclic) bond motifs is 6. The molecule has 1 amide bonds. The predicted octanol–water partition coefficient (Wildman–Crippen LogP) is 3.00. The number of rotatable bonds is 5. The Kier molecular flexibility index (Phi) is 6.05. The number of para-hydroxylation sites is 1. The molecule has 1 aromatic carbocycles. The number of likely N-dealkylation sites (tertiary alicyclic amines) is 1. The molecular formula is C28H32N6O3S. The van der Waals surface area contributed by atoms with Crippen molar-refractivity contribution in [1.82, 2.24) is 24.6 Å². The third-order valence-corrected chi connectivity index (χ3v) is 9.67. The lowest BCUT2D eigenvalue weighted by Crippen LogP contribution is -2.32. The van der Waals surface area contributed by atoms with Crippen molar-refractivity contribution in [1.29, 1.82) is 0 Å². The summed E-state index contributed by atoms with van der Waals surface area (Å²) in [5, 5.41) is 3.41. The molecule has 3 aromatic heterocycles. The highest BCUT2D eigenvalue weighted by molar-refractivity contribution is 7.24. The number of hydrogen-bond donors (Lipinski definition) is 1. The Morgan fingerprint density at radius 2 is 1.89 bits per heavy atom. The largest absolute Gasteiger partial charge is 0.381 e. The van der Waals surface area contributed by atoms with E-state index in [9.17, 15) is 9.59 Å². The molecule has 2 unspecified atom stereocenters. The summed E-state index contributed by atoms with van der Waals surface area (Å²) in [7, 11) is 2.18. The molecule has 198 valence electrons. The molecule has 38 heavy (non-hydrogen) atoms. The van der Waals surface area contributed by atoms with Gasteiger partial charge in [0.05, 0.1) is 15.6 Å². The highest BCUT2D eigenvalue weighted by atomic mass is 32.1. The van der Waals surface area contributed by atoms with Crippen LogP contribution in [0.1, 0.15) is 29.6 Å². The van der Waals surface area contributed by atoms with E-state index in [0.717, 1.165) is 68.9 Å². The van der Waals surface area contributed by atoms with E-state index < -0.39 is 0 Å². The zero-order valence-corrected chi connectivity index (χ0v) is 22.4. The van der Waals surface area contributed by atoms with E-state index in [1.807, 2.05) is 28.7 Å². The van der Waals surface area contributed by atoms with Crippen LogP contribution < -0.4 is 15.6 Å². The van der Waals surface area contributed by atoms with Gasteiger partial charge in [0.25, 0.3) is 5.91 Å². The lowest BCUT2D eigenvalue weighted by Gasteiger charge is -2.21. The molecule has 4 aromatic rings. The average Bonchev–Trinajstić information content (AvgIpc) is 3.60. The van der Waals surface area contributed by atoms with Gasteiger partial charge in [0.2, 0.25) is 11.4 Å². The highest BCUT2D eigenvalue weighted by Gasteiger charge is 2.39. The monoisotopic (exact) mass is 532 g/mol. The maximum Gasteiger partial charge on any atom is 0.258 e. The number of nitrogens with zero attached hydrogens (tertiary/aromatic N) is 5. The minimum atomic E-state index is -0.325. The fourth-order valence-corrected chi connectivity index (χ4v) is 7.73. The number of pyridine rings is 1. The van der Waals surface area contributed by atoms with E-state index in [4.69, 9.17) is 9.72 Å². The summed E-state index contributed by atoms with van der Waals surface area (Å²) in [6.07, 6.45) is 4.55. The van der Waals surface area contributed by atoms with Crippen LogP contribution in [0.3, 0.4) is 0 Å². The lowest BCUT2D eigenvalue weighted by atomic mass is 9.97. The molecule has 3 fully saturated rings. The van der Waals surface area contributed by atoms with Gasteiger partial charge in [0, 0.05) is 52.1 Å². The summed E-state index contributed by atoms with van der Waals surface area (Å²) >= 11 is 1.47. The van der Waals surface area contributed by atoms with Crippen LogP contribution in [0.5, 0.6) is 0 Å². The van der Waals surface area contributed by atoms with Gasteiger partial charge >= 0.3 is 0 Å². The third-order valence-electron chi connectivity index (χ3n) is 8.53. The number of aromatic nitrogens is 3. The Labute approximate surface area is 224 Å². The number of thiazole rings is 1. The zero-order chi connectivity index (χ0) is 25.8. The summed E-state index contributed by atoms with van der Waals surface area (Å²) in [5.74, 6) is 2.12. The van der Waals surface area contributed by atoms with E-state index >= 15 is 0 Å². The van der Waals surface area contributed by atoms with Gasteiger partial charge in [0.1, 0.15) is 10.4 Å². The zero-order valence-electron chi connectivity index (χ0n) is 21.6. The quantitative estimate of drug-likeness (QED) is 0.423. The van der Waals surface area contributed by atoms with Gasteiger partial charge < -0.3 is 19.9 Å². The molecule has 0 aliphatic carbocycles. The third kappa shape index (κ3) is 4.06. The van der Waals surface area contributed by atoms with Crippen molar-refractivity contribution in [2.75, 3.05) is 57.9 Å². The number of carbonyl (C=O) groups excluding carboxylic acids is 1. The first kappa shape index (κ1) is 24.0. The molecule has 9 nitrogen and oxygen atoms in total. The molecule has 0 bridgehead atoms. The number of anilines is 1. The van der Waals surface area contributed by atoms with Crippen LogP contribution in [0.25, 0.3) is 26.1 Å². The van der Waals surface area contributed by atoms with Gasteiger partial charge in [0.15, 0.2) is 5.65 Å². The lowest BCUT2D eigenvalue weighted by molar-refractivity contribution is 0.0636. The van der Waals surface area contributed by atoms with Crippen molar-refractivity contribution >= 4 is 49.3 Å². The molecular weight excluding hydrogens is 500 g/mol. The number of ether oxygens (including phenoxy) is 1. The standard InChI is InChI=1S/C28H32N6O3S/c1-32-13-18-15-33(16-19(18)14-32)28-30-12-20-24(35)23(26(36)29-9-6-17-7-10-37-11-8-17)27-34(25(20)31-28)21-4-2-3-5-22(21)38-27/h2-5,12,17-19H,6-11,13-16H2,1H3,(H,29,36). The predicted molar refractivity (Wildman–Crippen MR) is 149 cm³/mol. The maximum absolute atomic E-state index is 13.8. The minimum Gasteiger partial charge on any atom is -0.381 e. The van der Waals surface area contributed by atoms with Crippen LogP contribution in [-0.4, -0.2) is 78.2 Å². The van der Waals surface area contributed by atoms with Crippen molar-refractivity contribution in [2.45, 2.75) is 19.3 Å². The van der Waals surface area contributed by atoms with Gasteiger partial charge in [-0.05, 0) is 56.2 Å². The molecule has 3 saturated heterocycles. The molecule has 10 heteroatoms. The molecule has 3 aliphatic rings. The number of hydrogen-bond acceptors (Lipinski definition) is 8. The van der Waals surface area contributed by atoms with Crippen molar-refractivity contribution in [3.05, 3.63) is 46.2 Å². The molecule has 7 rings (SSSR count). The van der Waals surface area contributed by atoms with E-state index in [1.165, 1.54) is 11.3 Å². The molecule has 1 N–H and O–H groups in total. The molecule has 0 saturated carbocycles.